The van der Waals surface area contributed by atoms with Crippen LogP contribution < -0.4 is 15.0 Å². The number of para-hydroxylation sites is 2. The molecular formula is C23H21F2N5O3S2. The van der Waals surface area contributed by atoms with E-state index in [2.05, 4.69) is 29.9 Å². The number of benzene rings is 2. The van der Waals surface area contributed by atoms with E-state index in [-0.39, 0.29) is 23.5 Å². The van der Waals surface area contributed by atoms with E-state index in [4.69, 9.17) is 0 Å². The van der Waals surface area contributed by atoms with Crippen molar-refractivity contribution in [3.63, 3.8) is 0 Å². The van der Waals surface area contributed by atoms with Crippen molar-refractivity contribution in [1.29, 1.82) is 0 Å². The van der Waals surface area contributed by atoms with Crippen molar-refractivity contribution in [2.24, 2.45) is 0 Å². The first kappa shape index (κ1) is 23.5. The van der Waals surface area contributed by atoms with Gasteiger partial charge in [0.05, 0.1) is 28.5 Å². The van der Waals surface area contributed by atoms with Gasteiger partial charge in [-0.25, -0.2) is 9.97 Å². The molecule has 8 nitrogen and oxygen atoms in total. The minimum atomic E-state index is -2.90. The SMILES string of the molecule is O=C(Nc1ccccc1N1CCC(O)CC1)c1csc(Sc2nc3ccc(OC(F)F)cc3[nH]2)n1. The molecule has 3 N–H and O–H groups in total. The molecule has 182 valence electrons. The van der Waals surface area contributed by atoms with Gasteiger partial charge in [0.1, 0.15) is 11.4 Å². The Hall–Kier alpha value is -3.22. The maximum absolute atomic E-state index is 12.9. The zero-order valence-electron chi connectivity index (χ0n) is 18.3. The van der Waals surface area contributed by atoms with Gasteiger partial charge in [-0.2, -0.15) is 8.78 Å². The summed E-state index contributed by atoms with van der Waals surface area (Å²) < 4.78 is 29.9. The number of halogens is 2. The van der Waals surface area contributed by atoms with Gasteiger partial charge in [-0.3, -0.25) is 4.79 Å². The highest BCUT2D eigenvalue weighted by molar-refractivity contribution is 8.00. The number of aliphatic hydroxyl groups is 1. The molecule has 0 saturated carbocycles. The molecule has 1 fully saturated rings. The summed E-state index contributed by atoms with van der Waals surface area (Å²) in [5.41, 5.74) is 3.04. The molecule has 0 bridgehead atoms. The number of piperidine rings is 1. The van der Waals surface area contributed by atoms with Crippen LogP contribution in [0.3, 0.4) is 0 Å². The third-order valence-corrected chi connectivity index (χ3v) is 7.34. The Morgan fingerprint density at radius 2 is 2.03 bits per heavy atom. The number of aromatic amines is 1. The van der Waals surface area contributed by atoms with Crippen LogP contribution in [0, 0.1) is 0 Å². The third kappa shape index (κ3) is 5.55. The van der Waals surface area contributed by atoms with E-state index in [1.165, 1.54) is 35.2 Å². The molecule has 3 heterocycles. The quantitative estimate of drug-likeness (QED) is 0.318. The normalized spacial score (nSPS) is 14.6. The summed E-state index contributed by atoms with van der Waals surface area (Å²) in [6, 6.07) is 12.1. The maximum atomic E-state index is 12.9. The van der Waals surface area contributed by atoms with Crippen LogP contribution in [0.4, 0.5) is 20.2 Å². The number of nitrogens with one attached hydrogen (secondary N) is 2. The van der Waals surface area contributed by atoms with Crippen LogP contribution in [0.15, 0.2) is 57.3 Å². The third-order valence-electron chi connectivity index (χ3n) is 5.51. The van der Waals surface area contributed by atoms with Crippen LogP contribution in [-0.2, 0) is 0 Å². The number of H-pyrrole nitrogens is 1. The number of carbonyl (C=O) groups is 1. The van der Waals surface area contributed by atoms with Gasteiger partial charge < -0.3 is 25.0 Å². The number of thiazole rings is 1. The molecule has 0 atom stereocenters. The van der Waals surface area contributed by atoms with Crippen LogP contribution in [-0.4, -0.2) is 51.8 Å². The number of fused-ring (bicyclic) bond motifs is 1. The Balaban J connectivity index is 1.27. The van der Waals surface area contributed by atoms with E-state index in [0.29, 0.717) is 39.1 Å². The predicted octanol–water partition coefficient (Wildman–Crippen LogP) is 4.99. The molecule has 35 heavy (non-hydrogen) atoms. The van der Waals surface area contributed by atoms with E-state index in [0.717, 1.165) is 18.8 Å². The summed E-state index contributed by atoms with van der Waals surface area (Å²) in [6.07, 6.45) is 1.10. The minimum absolute atomic E-state index is 0.0434. The molecule has 1 amide bonds. The highest BCUT2D eigenvalue weighted by atomic mass is 32.2. The molecule has 12 heteroatoms. The van der Waals surface area contributed by atoms with Crippen LogP contribution in [0.2, 0.25) is 0 Å². The van der Waals surface area contributed by atoms with Crippen molar-refractivity contribution >= 4 is 51.4 Å². The molecule has 0 radical (unpaired) electrons. The molecule has 2 aromatic heterocycles. The fourth-order valence-electron chi connectivity index (χ4n) is 3.83. The van der Waals surface area contributed by atoms with Crippen molar-refractivity contribution in [3.05, 3.63) is 53.5 Å². The first-order chi connectivity index (χ1) is 16.9. The summed E-state index contributed by atoms with van der Waals surface area (Å²) in [6.45, 7) is -1.46. The average Bonchev–Trinajstić information content (AvgIpc) is 3.46. The lowest BCUT2D eigenvalue weighted by Gasteiger charge is -2.32. The predicted molar refractivity (Wildman–Crippen MR) is 131 cm³/mol. The second kappa shape index (κ2) is 10.2. The molecule has 1 aliphatic heterocycles. The number of carbonyl (C=O) groups excluding carboxylic acids is 1. The van der Waals surface area contributed by atoms with E-state index < -0.39 is 6.61 Å². The topological polar surface area (TPSA) is 103 Å². The summed E-state index contributed by atoms with van der Waals surface area (Å²) in [4.78, 5) is 27.0. The van der Waals surface area contributed by atoms with Gasteiger partial charge in [-0.15, -0.1) is 11.3 Å². The van der Waals surface area contributed by atoms with Crippen molar-refractivity contribution in [2.45, 2.75) is 35.1 Å². The number of ether oxygens (including phenoxy) is 1. The fraction of sp³-hybridized carbons (Fsp3) is 0.261. The largest absolute Gasteiger partial charge is 0.435 e. The molecule has 1 saturated heterocycles. The van der Waals surface area contributed by atoms with Gasteiger partial charge in [0.15, 0.2) is 9.50 Å². The number of alkyl halides is 2. The van der Waals surface area contributed by atoms with Gasteiger partial charge in [0.25, 0.3) is 5.91 Å². The van der Waals surface area contributed by atoms with Crippen LogP contribution in [0.25, 0.3) is 11.0 Å². The standard InChI is InChI=1S/C23H21F2N5O3S2/c24-21(25)33-14-5-6-15-17(11-14)28-22(27-15)35-23-29-18(12-34-23)20(32)26-16-3-1-2-4-19(16)30-9-7-13(31)8-10-30/h1-6,11-13,21,31H,7-10H2,(H,26,32)(H,27,28). The zero-order valence-corrected chi connectivity index (χ0v) is 19.9. The highest BCUT2D eigenvalue weighted by Crippen LogP contribution is 2.32. The molecular weight excluding hydrogens is 496 g/mol. The first-order valence-corrected chi connectivity index (χ1v) is 12.6. The van der Waals surface area contributed by atoms with Gasteiger partial charge in [0.2, 0.25) is 0 Å². The van der Waals surface area contributed by atoms with Crippen molar-refractivity contribution in [2.75, 3.05) is 23.3 Å². The summed E-state index contributed by atoms with van der Waals surface area (Å²) >= 11 is 2.55. The number of imidazole rings is 1. The molecule has 1 aliphatic rings. The number of nitrogens with zero attached hydrogens (tertiary/aromatic N) is 3. The molecule has 5 rings (SSSR count). The van der Waals surface area contributed by atoms with E-state index in [9.17, 15) is 18.7 Å². The number of amides is 1. The van der Waals surface area contributed by atoms with Crippen molar-refractivity contribution < 1.29 is 23.4 Å². The Labute approximate surface area is 207 Å². The van der Waals surface area contributed by atoms with Crippen LogP contribution in [0.1, 0.15) is 23.3 Å². The van der Waals surface area contributed by atoms with Crippen LogP contribution in [0.5, 0.6) is 5.75 Å². The lowest BCUT2D eigenvalue weighted by molar-refractivity contribution is -0.0497. The Kier molecular flexibility index (Phi) is 6.84. The Morgan fingerprint density at radius 1 is 1.23 bits per heavy atom. The lowest BCUT2D eigenvalue weighted by atomic mass is 10.1. The smallest absolute Gasteiger partial charge is 0.387 e. The van der Waals surface area contributed by atoms with E-state index >= 15 is 0 Å². The van der Waals surface area contributed by atoms with E-state index in [1.54, 1.807) is 11.4 Å². The second-order valence-electron chi connectivity index (χ2n) is 7.89. The zero-order chi connectivity index (χ0) is 24.4. The number of hydrogen-bond donors (Lipinski definition) is 3. The van der Waals surface area contributed by atoms with Crippen LogP contribution >= 0.6 is 23.1 Å². The Morgan fingerprint density at radius 3 is 2.83 bits per heavy atom. The number of anilines is 2. The Bertz CT molecular complexity index is 1340. The highest BCUT2D eigenvalue weighted by Gasteiger charge is 2.21. The number of aromatic nitrogens is 3. The molecule has 0 aliphatic carbocycles. The molecule has 0 spiro atoms. The van der Waals surface area contributed by atoms with Gasteiger partial charge in [-0.05, 0) is 48.9 Å². The number of aliphatic hydroxyl groups excluding tert-OH is 1. The second-order valence-corrected chi connectivity index (χ2v) is 9.98. The van der Waals surface area contributed by atoms with Crippen molar-refractivity contribution in [3.8, 4) is 5.75 Å². The molecule has 2 aromatic carbocycles. The molecule has 0 unspecified atom stereocenters. The monoisotopic (exact) mass is 517 g/mol. The van der Waals surface area contributed by atoms with Gasteiger partial charge in [0, 0.05) is 24.5 Å². The summed E-state index contributed by atoms with van der Waals surface area (Å²) in [7, 11) is 0. The van der Waals surface area contributed by atoms with Gasteiger partial charge >= 0.3 is 6.61 Å². The summed E-state index contributed by atoms with van der Waals surface area (Å²) in [5, 5.41) is 14.9. The minimum Gasteiger partial charge on any atom is -0.435 e. The first-order valence-electron chi connectivity index (χ1n) is 10.9. The lowest BCUT2D eigenvalue weighted by Crippen LogP contribution is -2.36. The number of hydrogen-bond acceptors (Lipinski definition) is 8. The average molecular weight is 518 g/mol. The van der Waals surface area contributed by atoms with Gasteiger partial charge in [-0.1, -0.05) is 12.1 Å². The number of rotatable bonds is 7. The maximum Gasteiger partial charge on any atom is 0.387 e. The summed E-state index contributed by atoms with van der Waals surface area (Å²) in [5.74, 6) is -0.280. The van der Waals surface area contributed by atoms with E-state index in [1.807, 2.05) is 24.3 Å². The fourth-order valence-corrected chi connectivity index (χ4v) is 5.54. The van der Waals surface area contributed by atoms with Crippen molar-refractivity contribution in [1.82, 2.24) is 15.0 Å². The molecule has 4 aromatic rings.